The summed E-state index contributed by atoms with van der Waals surface area (Å²) >= 11 is 0. The molecule has 0 saturated carbocycles. The largest absolute Gasteiger partial charge is 0.497 e. The number of hydrogen-bond acceptors (Lipinski definition) is 4. The van der Waals surface area contributed by atoms with Gasteiger partial charge in [-0.1, -0.05) is 32.6 Å². The van der Waals surface area contributed by atoms with E-state index in [1.54, 1.807) is 29.6 Å². The average molecular weight is 384 g/mol. The molecule has 0 N–H and O–H groups in total. The first-order chi connectivity index (χ1) is 12.4. The van der Waals surface area contributed by atoms with Crippen molar-refractivity contribution >= 4 is 10.0 Å². The number of ether oxygens (including phenoxy) is 2. The molecule has 0 spiro atoms. The molecule has 1 aliphatic rings. The fourth-order valence-electron chi connectivity index (χ4n) is 3.36. The van der Waals surface area contributed by atoms with Crippen molar-refractivity contribution in [2.75, 3.05) is 20.3 Å². The van der Waals surface area contributed by atoms with E-state index in [0.29, 0.717) is 30.6 Å². The van der Waals surface area contributed by atoms with Gasteiger partial charge in [0.25, 0.3) is 0 Å². The second-order valence-corrected chi connectivity index (χ2v) is 9.35. The third-order valence-electron chi connectivity index (χ3n) is 4.90. The Morgan fingerprint density at radius 2 is 1.85 bits per heavy atom. The molecule has 26 heavy (non-hydrogen) atoms. The van der Waals surface area contributed by atoms with Gasteiger partial charge in [0.2, 0.25) is 10.0 Å². The minimum absolute atomic E-state index is 0.106. The first kappa shape index (κ1) is 21.0. The maximum atomic E-state index is 13.4. The van der Waals surface area contributed by atoms with Gasteiger partial charge in [-0.3, -0.25) is 0 Å². The molecular weight excluding hydrogens is 350 g/mol. The van der Waals surface area contributed by atoms with Crippen molar-refractivity contribution in [1.82, 2.24) is 4.31 Å². The van der Waals surface area contributed by atoms with Crippen LogP contribution in [0.1, 0.15) is 59.3 Å². The topological polar surface area (TPSA) is 55.8 Å². The summed E-state index contributed by atoms with van der Waals surface area (Å²) in [5.41, 5.74) is 0. The van der Waals surface area contributed by atoms with Crippen molar-refractivity contribution in [3.63, 3.8) is 0 Å². The van der Waals surface area contributed by atoms with Crippen LogP contribution in [0, 0.1) is 5.92 Å². The van der Waals surface area contributed by atoms with Gasteiger partial charge in [-0.15, -0.1) is 0 Å². The number of methoxy groups -OCH3 is 1. The Balaban J connectivity index is 2.43. The summed E-state index contributed by atoms with van der Waals surface area (Å²) in [7, 11) is -2.06. The lowest BCUT2D eigenvalue weighted by Crippen LogP contribution is -2.40. The smallest absolute Gasteiger partial charge is 0.247 e. The molecule has 6 heteroatoms. The molecule has 0 amide bonds. The van der Waals surface area contributed by atoms with Crippen molar-refractivity contribution in [2.24, 2.45) is 5.92 Å². The maximum Gasteiger partial charge on any atom is 0.247 e. The molecule has 0 fully saturated rings. The van der Waals surface area contributed by atoms with Crippen LogP contribution < -0.4 is 9.47 Å². The van der Waals surface area contributed by atoms with Crippen LogP contribution in [0.4, 0.5) is 0 Å². The fraction of sp³-hybridized carbons (Fsp3) is 0.700. The minimum Gasteiger partial charge on any atom is -0.497 e. The van der Waals surface area contributed by atoms with Crippen LogP contribution >= 0.6 is 0 Å². The summed E-state index contributed by atoms with van der Waals surface area (Å²) in [4.78, 5) is 0.233. The van der Waals surface area contributed by atoms with Gasteiger partial charge in [-0.2, -0.15) is 4.31 Å². The molecule has 1 aromatic carbocycles. The van der Waals surface area contributed by atoms with E-state index in [1.807, 2.05) is 13.8 Å². The first-order valence-corrected chi connectivity index (χ1v) is 11.1. The highest BCUT2D eigenvalue weighted by molar-refractivity contribution is 7.89. The summed E-state index contributed by atoms with van der Waals surface area (Å²) in [6.45, 7) is 7.05. The normalized spacial score (nSPS) is 22.9. The zero-order valence-electron chi connectivity index (χ0n) is 16.5. The molecule has 1 atom stereocenters. The van der Waals surface area contributed by atoms with Crippen molar-refractivity contribution in [3.8, 4) is 11.5 Å². The van der Waals surface area contributed by atoms with E-state index in [-0.39, 0.29) is 10.9 Å². The molecule has 1 heterocycles. The Bertz CT molecular complexity index is 672. The fourth-order valence-corrected chi connectivity index (χ4v) is 5.23. The summed E-state index contributed by atoms with van der Waals surface area (Å²) in [6, 6.07) is 4.87. The van der Waals surface area contributed by atoms with Crippen LogP contribution in [0.15, 0.2) is 23.1 Å². The Morgan fingerprint density at radius 3 is 2.54 bits per heavy atom. The van der Waals surface area contributed by atoms with E-state index in [1.165, 1.54) is 12.8 Å². The second kappa shape index (κ2) is 9.60. The van der Waals surface area contributed by atoms with Crippen LogP contribution in [-0.2, 0) is 10.0 Å². The van der Waals surface area contributed by atoms with Gasteiger partial charge in [-0.05, 0) is 44.7 Å². The van der Waals surface area contributed by atoms with Gasteiger partial charge in [0.05, 0.1) is 13.7 Å². The van der Waals surface area contributed by atoms with Crippen LogP contribution in [0.25, 0.3) is 0 Å². The molecule has 0 unspecified atom stereocenters. The van der Waals surface area contributed by atoms with Gasteiger partial charge in [0.1, 0.15) is 16.4 Å². The van der Waals surface area contributed by atoms with E-state index in [0.717, 1.165) is 25.7 Å². The predicted octanol–water partition coefficient (Wildman–Crippen LogP) is 4.46. The lowest BCUT2D eigenvalue weighted by atomic mass is 10.0. The summed E-state index contributed by atoms with van der Waals surface area (Å²) < 4.78 is 39.5. The molecule has 148 valence electrons. The van der Waals surface area contributed by atoms with Crippen LogP contribution in [0.3, 0.4) is 0 Å². The van der Waals surface area contributed by atoms with Crippen molar-refractivity contribution < 1.29 is 17.9 Å². The molecule has 1 aliphatic heterocycles. The number of sulfonamides is 1. The quantitative estimate of drug-likeness (QED) is 0.756. The summed E-state index contributed by atoms with van der Waals surface area (Å²) in [5, 5.41) is 0. The molecule has 1 aromatic rings. The average Bonchev–Trinajstić information content (AvgIpc) is 2.60. The second-order valence-electron chi connectivity index (χ2n) is 7.49. The van der Waals surface area contributed by atoms with Crippen LogP contribution in [0.2, 0.25) is 0 Å². The highest BCUT2D eigenvalue weighted by Gasteiger charge is 2.31. The Hall–Kier alpha value is -1.27. The van der Waals surface area contributed by atoms with Gasteiger partial charge in [-0.25, -0.2) is 8.42 Å². The minimum atomic E-state index is -3.64. The molecular formula is C20H33NO4S. The highest BCUT2D eigenvalue weighted by Crippen LogP contribution is 2.32. The lowest BCUT2D eigenvalue weighted by Gasteiger charge is -2.29. The van der Waals surface area contributed by atoms with E-state index in [2.05, 4.69) is 6.92 Å². The molecule has 2 rings (SSSR count). The highest BCUT2D eigenvalue weighted by atomic mass is 32.2. The molecule has 0 aromatic heterocycles. The number of fused-ring (bicyclic) bond motifs is 1. The van der Waals surface area contributed by atoms with Gasteiger partial charge in [0.15, 0.2) is 0 Å². The standard InChI is InChI=1S/C20H33NO4S/c1-16(2)21-15-17(3)10-8-6-5-7-9-13-25-19-14-18(24-4)11-12-20(19)26(21,22)23/h11-12,14,16-17H,5-10,13,15H2,1-4H3/t17-/m0/s1. The third kappa shape index (κ3) is 5.36. The van der Waals surface area contributed by atoms with Crippen LogP contribution in [-0.4, -0.2) is 39.0 Å². The zero-order valence-corrected chi connectivity index (χ0v) is 17.3. The summed E-state index contributed by atoms with van der Waals surface area (Å²) in [5.74, 6) is 1.32. The van der Waals surface area contributed by atoms with E-state index in [9.17, 15) is 8.42 Å². The lowest BCUT2D eigenvalue weighted by molar-refractivity contribution is 0.278. The SMILES string of the molecule is COc1ccc2c(c1)OCCCCCCC[C@H](C)CN(C(C)C)S2(=O)=O. The summed E-state index contributed by atoms with van der Waals surface area (Å²) in [6.07, 6.45) is 6.65. The van der Waals surface area contributed by atoms with E-state index >= 15 is 0 Å². The number of nitrogens with zero attached hydrogens (tertiary/aromatic N) is 1. The molecule has 0 radical (unpaired) electrons. The van der Waals surface area contributed by atoms with E-state index < -0.39 is 10.0 Å². The number of benzene rings is 1. The van der Waals surface area contributed by atoms with Crippen molar-refractivity contribution in [2.45, 2.75) is 70.2 Å². The van der Waals surface area contributed by atoms with Crippen molar-refractivity contribution in [3.05, 3.63) is 18.2 Å². The van der Waals surface area contributed by atoms with Crippen LogP contribution in [0.5, 0.6) is 11.5 Å². The zero-order chi connectivity index (χ0) is 19.2. The molecule has 5 nitrogen and oxygen atoms in total. The van der Waals surface area contributed by atoms with Gasteiger partial charge >= 0.3 is 0 Å². The Kier molecular flexibility index (Phi) is 7.77. The molecule has 0 saturated heterocycles. The van der Waals surface area contributed by atoms with Crippen molar-refractivity contribution in [1.29, 1.82) is 0 Å². The monoisotopic (exact) mass is 383 g/mol. The predicted molar refractivity (Wildman–Crippen MR) is 104 cm³/mol. The number of rotatable bonds is 2. The number of hydrogen-bond donors (Lipinski definition) is 0. The first-order valence-electron chi connectivity index (χ1n) is 9.69. The molecule has 0 bridgehead atoms. The maximum absolute atomic E-state index is 13.4. The Morgan fingerprint density at radius 1 is 1.15 bits per heavy atom. The molecule has 0 aliphatic carbocycles. The van der Waals surface area contributed by atoms with Gasteiger partial charge in [0, 0.05) is 18.7 Å². The van der Waals surface area contributed by atoms with Gasteiger partial charge < -0.3 is 9.47 Å². The Labute approximate surface area is 158 Å². The van der Waals surface area contributed by atoms with E-state index in [4.69, 9.17) is 9.47 Å². The third-order valence-corrected chi connectivity index (χ3v) is 6.99.